The van der Waals surface area contributed by atoms with E-state index in [1.54, 1.807) is 36.4 Å². The molecule has 2 aromatic heterocycles. The van der Waals surface area contributed by atoms with Crippen molar-refractivity contribution in [1.82, 2.24) is 4.98 Å². The average Bonchev–Trinajstić information content (AvgIpc) is 3.26. The van der Waals surface area contributed by atoms with Crippen molar-refractivity contribution in [1.29, 1.82) is 0 Å². The number of para-hydroxylation sites is 1. The molecule has 1 N–H and O–H groups in total. The normalized spacial score (nSPS) is 15.4. The number of aryl methyl sites for hydroxylation is 2. The number of nitrogens with zero attached hydrogens (tertiary/aromatic N) is 2. The summed E-state index contributed by atoms with van der Waals surface area (Å²) in [6.07, 6.45) is 0. The van der Waals surface area contributed by atoms with E-state index in [4.69, 9.17) is 9.15 Å². The number of fused-ring (bicyclic) bond motifs is 2. The van der Waals surface area contributed by atoms with Crippen LogP contribution in [0.1, 0.15) is 45.2 Å². The smallest absolute Gasteiger partial charge is 0.297 e. The van der Waals surface area contributed by atoms with Crippen LogP contribution in [0.5, 0.6) is 11.5 Å². The zero-order valence-corrected chi connectivity index (χ0v) is 18.5. The Kier molecular flexibility index (Phi) is 4.74. The fourth-order valence-electron chi connectivity index (χ4n) is 3.96. The van der Waals surface area contributed by atoms with Crippen molar-refractivity contribution in [2.24, 2.45) is 0 Å². The summed E-state index contributed by atoms with van der Waals surface area (Å²) < 4.78 is 11.5. The first-order valence-electron chi connectivity index (χ1n) is 10.2. The molecule has 0 bridgehead atoms. The van der Waals surface area contributed by atoms with Gasteiger partial charge in [0.1, 0.15) is 5.58 Å². The molecule has 1 aliphatic heterocycles. The largest absolute Gasteiger partial charge is 0.504 e. The molecule has 32 heavy (non-hydrogen) atoms. The van der Waals surface area contributed by atoms with Gasteiger partial charge in [-0.25, -0.2) is 4.98 Å². The van der Waals surface area contributed by atoms with E-state index in [1.807, 2.05) is 20.8 Å². The molecule has 0 spiro atoms. The summed E-state index contributed by atoms with van der Waals surface area (Å²) in [7, 11) is 0. The monoisotopic (exact) mass is 448 g/mol. The number of carbonyl (C=O) groups is 1. The topological polar surface area (TPSA) is 92.9 Å². The van der Waals surface area contributed by atoms with E-state index >= 15 is 0 Å². The van der Waals surface area contributed by atoms with Crippen LogP contribution in [-0.2, 0) is 0 Å². The van der Waals surface area contributed by atoms with Crippen molar-refractivity contribution in [3.63, 3.8) is 0 Å². The van der Waals surface area contributed by atoms with Gasteiger partial charge in [0.2, 0.25) is 5.76 Å². The summed E-state index contributed by atoms with van der Waals surface area (Å²) in [5, 5.41) is 11.1. The molecule has 4 aromatic rings. The molecule has 7 nitrogen and oxygen atoms in total. The van der Waals surface area contributed by atoms with Crippen molar-refractivity contribution in [2.75, 3.05) is 11.5 Å². The molecule has 1 amide bonds. The maximum absolute atomic E-state index is 13.6. The van der Waals surface area contributed by atoms with Gasteiger partial charge < -0.3 is 14.3 Å². The minimum absolute atomic E-state index is 0.00948. The first kappa shape index (κ1) is 20.3. The second-order valence-electron chi connectivity index (χ2n) is 7.55. The highest BCUT2D eigenvalue weighted by Crippen LogP contribution is 2.44. The first-order chi connectivity index (χ1) is 15.4. The van der Waals surface area contributed by atoms with E-state index in [0.717, 1.165) is 10.6 Å². The number of benzene rings is 2. The molecule has 5 rings (SSSR count). The number of rotatable bonds is 4. The lowest BCUT2D eigenvalue weighted by molar-refractivity contribution is 0.0971. The predicted molar refractivity (Wildman–Crippen MR) is 122 cm³/mol. The van der Waals surface area contributed by atoms with Gasteiger partial charge >= 0.3 is 0 Å². The Morgan fingerprint density at radius 2 is 1.97 bits per heavy atom. The van der Waals surface area contributed by atoms with E-state index in [9.17, 15) is 14.7 Å². The molecule has 1 aliphatic rings. The minimum atomic E-state index is -0.761. The third kappa shape index (κ3) is 2.98. The van der Waals surface area contributed by atoms with Gasteiger partial charge in [-0.1, -0.05) is 18.2 Å². The number of ether oxygens (including phenoxy) is 1. The first-order valence-corrected chi connectivity index (χ1v) is 11.0. The second kappa shape index (κ2) is 7.49. The molecule has 0 saturated carbocycles. The van der Waals surface area contributed by atoms with Crippen molar-refractivity contribution < 1.29 is 19.1 Å². The van der Waals surface area contributed by atoms with Gasteiger partial charge in [-0.15, -0.1) is 11.3 Å². The molecule has 0 saturated heterocycles. The highest BCUT2D eigenvalue weighted by atomic mass is 32.1. The summed E-state index contributed by atoms with van der Waals surface area (Å²) in [4.78, 5) is 34.2. The predicted octanol–water partition coefficient (Wildman–Crippen LogP) is 4.72. The summed E-state index contributed by atoms with van der Waals surface area (Å²) in [5.41, 5.74) is 1.78. The highest BCUT2D eigenvalue weighted by molar-refractivity contribution is 7.15. The summed E-state index contributed by atoms with van der Waals surface area (Å²) in [6.45, 7) is 5.99. The molecule has 1 atom stereocenters. The van der Waals surface area contributed by atoms with Crippen LogP contribution >= 0.6 is 11.3 Å². The van der Waals surface area contributed by atoms with E-state index in [0.29, 0.717) is 28.3 Å². The van der Waals surface area contributed by atoms with Crippen LogP contribution < -0.4 is 15.1 Å². The number of phenols is 1. The van der Waals surface area contributed by atoms with Crippen LogP contribution in [0.15, 0.2) is 51.7 Å². The molecular weight excluding hydrogens is 428 g/mol. The zero-order valence-electron chi connectivity index (χ0n) is 17.7. The van der Waals surface area contributed by atoms with Crippen LogP contribution in [0.25, 0.3) is 11.0 Å². The number of carbonyl (C=O) groups excluding carboxylic acids is 1. The summed E-state index contributed by atoms with van der Waals surface area (Å²) in [6, 6.07) is 11.0. The molecular formula is C24H20N2O5S. The van der Waals surface area contributed by atoms with Crippen molar-refractivity contribution >= 4 is 33.3 Å². The number of aromatic nitrogens is 1. The SMILES string of the molecule is CCOc1cc([C@H]2c3c(oc4ccccc4c3=O)C(=O)N2c2nc(C)c(C)s2)ccc1O. The van der Waals surface area contributed by atoms with Gasteiger partial charge in [-0.2, -0.15) is 0 Å². The van der Waals surface area contributed by atoms with E-state index in [-0.39, 0.29) is 28.3 Å². The fourth-order valence-corrected chi connectivity index (χ4v) is 4.90. The minimum Gasteiger partial charge on any atom is -0.504 e. The molecule has 2 aromatic carbocycles. The van der Waals surface area contributed by atoms with Crippen molar-refractivity contribution in [3.8, 4) is 11.5 Å². The third-order valence-corrected chi connectivity index (χ3v) is 6.67. The number of thiazole rings is 1. The van der Waals surface area contributed by atoms with Crippen molar-refractivity contribution in [3.05, 3.63) is 80.1 Å². The molecule has 0 radical (unpaired) electrons. The molecule has 0 unspecified atom stereocenters. The van der Waals surface area contributed by atoms with E-state index < -0.39 is 11.9 Å². The van der Waals surface area contributed by atoms with Gasteiger partial charge in [0.15, 0.2) is 22.1 Å². The standard InChI is InChI=1S/C24H20N2O5S/c1-4-30-18-11-14(9-10-16(18)27)20-19-21(28)15-7-5-6-8-17(15)31-22(19)23(29)26(20)24-25-12(2)13(3)32-24/h5-11,20,27H,4H2,1-3H3/t20-/m0/s1. The quantitative estimate of drug-likeness (QED) is 0.486. The number of anilines is 1. The molecule has 3 heterocycles. The Balaban J connectivity index is 1.80. The Morgan fingerprint density at radius 1 is 1.19 bits per heavy atom. The molecule has 0 aliphatic carbocycles. The van der Waals surface area contributed by atoms with E-state index in [2.05, 4.69) is 4.98 Å². The number of hydrogen-bond acceptors (Lipinski definition) is 7. The summed E-state index contributed by atoms with van der Waals surface area (Å²) >= 11 is 1.38. The van der Waals surface area contributed by atoms with Crippen LogP contribution in [0, 0.1) is 13.8 Å². The molecule has 0 fully saturated rings. The van der Waals surface area contributed by atoms with Crippen molar-refractivity contribution in [2.45, 2.75) is 26.8 Å². The van der Waals surface area contributed by atoms with Gasteiger partial charge in [0.05, 0.1) is 29.3 Å². The lowest BCUT2D eigenvalue weighted by Crippen LogP contribution is -2.29. The van der Waals surface area contributed by atoms with Gasteiger partial charge in [0.25, 0.3) is 5.91 Å². The number of amides is 1. The maximum Gasteiger partial charge on any atom is 0.297 e. The fraction of sp³-hybridized carbons (Fsp3) is 0.208. The van der Waals surface area contributed by atoms with Crippen LogP contribution in [0.2, 0.25) is 0 Å². The average molecular weight is 449 g/mol. The van der Waals surface area contributed by atoms with Crippen LogP contribution in [-0.4, -0.2) is 22.6 Å². The molecule has 162 valence electrons. The highest BCUT2D eigenvalue weighted by Gasteiger charge is 2.45. The lowest BCUT2D eigenvalue weighted by atomic mass is 9.98. The zero-order chi connectivity index (χ0) is 22.6. The van der Waals surface area contributed by atoms with Gasteiger partial charge in [0, 0.05) is 4.88 Å². The maximum atomic E-state index is 13.6. The summed E-state index contributed by atoms with van der Waals surface area (Å²) in [5.74, 6) is -0.149. The Bertz CT molecular complexity index is 1420. The Morgan fingerprint density at radius 3 is 2.69 bits per heavy atom. The Labute approximate surface area is 187 Å². The Hall–Kier alpha value is -3.65. The van der Waals surface area contributed by atoms with Gasteiger partial charge in [-0.3, -0.25) is 14.5 Å². The van der Waals surface area contributed by atoms with Crippen LogP contribution in [0.3, 0.4) is 0 Å². The van der Waals surface area contributed by atoms with E-state index in [1.165, 1.54) is 22.3 Å². The lowest BCUT2D eigenvalue weighted by Gasteiger charge is -2.23. The second-order valence-corrected chi connectivity index (χ2v) is 8.73. The number of aromatic hydroxyl groups is 1. The van der Waals surface area contributed by atoms with Crippen LogP contribution in [0.4, 0.5) is 5.13 Å². The number of phenolic OH excluding ortho intramolecular Hbond substituents is 1. The third-order valence-electron chi connectivity index (χ3n) is 5.60. The molecule has 8 heteroatoms. The number of hydrogen-bond donors (Lipinski definition) is 1. The van der Waals surface area contributed by atoms with Gasteiger partial charge in [-0.05, 0) is 50.6 Å².